The average Bonchev–Trinajstić information content (AvgIpc) is 2.49. The van der Waals surface area contributed by atoms with Gasteiger partial charge in [-0.05, 0) is 6.07 Å². The van der Waals surface area contributed by atoms with Crippen LogP contribution >= 0.6 is 11.6 Å². The maximum absolute atomic E-state index is 10.8. The lowest BCUT2D eigenvalue weighted by Gasteiger charge is -2.39. The summed E-state index contributed by atoms with van der Waals surface area (Å²) in [6, 6.07) is 3.67. The summed E-state index contributed by atoms with van der Waals surface area (Å²) in [6.07, 6.45) is -7.14. The largest absolute Gasteiger partial charge is 0.595 e. The number of benzene rings is 1. The highest BCUT2D eigenvalue weighted by Gasteiger charge is 2.44. The summed E-state index contributed by atoms with van der Waals surface area (Å²) < 4.78 is 10.5. The number of hydrogen-bond acceptors (Lipinski definition) is 8. The fourth-order valence-corrected chi connectivity index (χ4v) is 2.24. The minimum Gasteiger partial charge on any atom is -0.595 e. The zero-order valence-corrected chi connectivity index (χ0v) is 11.9. The Hall–Kier alpha value is -1.01. The molecule has 1 saturated heterocycles. The van der Waals surface area contributed by atoms with Crippen LogP contribution in [-0.4, -0.2) is 62.9 Å². The summed E-state index contributed by atoms with van der Waals surface area (Å²) in [4.78, 5) is 0. The number of hydrogen-bond donors (Lipinski definition) is 6. The van der Waals surface area contributed by atoms with Crippen molar-refractivity contribution < 1.29 is 40.3 Å². The summed E-state index contributed by atoms with van der Waals surface area (Å²) in [7, 11) is 0. The maximum atomic E-state index is 10.8. The molecule has 0 radical (unpaired) electrons. The van der Waals surface area contributed by atoms with Crippen molar-refractivity contribution in [3.8, 4) is 5.75 Å². The van der Waals surface area contributed by atoms with Gasteiger partial charge in [-0.2, -0.15) is 5.23 Å². The van der Waals surface area contributed by atoms with Gasteiger partial charge in [0.1, 0.15) is 30.2 Å². The second-order valence-corrected chi connectivity index (χ2v) is 5.17. The van der Waals surface area contributed by atoms with Gasteiger partial charge in [0.2, 0.25) is 6.29 Å². The van der Waals surface area contributed by atoms with Gasteiger partial charge in [-0.25, -0.2) is 5.21 Å². The van der Waals surface area contributed by atoms with Crippen LogP contribution in [0.15, 0.2) is 18.2 Å². The predicted octanol–water partition coefficient (Wildman–Crippen LogP) is -2.08. The van der Waals surface area contributed by atoms with Gasteiger partial charge in [-0.1, -0.05) is 11.6 Å². The molecule has 22 heavy (non-hydrogen) atoms. The molecule has 124 valence electrons. The highest BCUT2D eigenvalue weighted by molar-refractivity contribution is 6.32. The molecular formula is C12H16ClNO8. The van der Waals surface area contributed by atoms with Crippen molar-refractivity contribution in [2.75, 3.05) is 6.61 Å². The van der Waals surface area contributed by atoms with Gasteiger partial charge in [0, 0.05) is 12.1 Å². The number of nitrogens with one attached hydrogen (secondary N) is 1. The van der Waals surface area contributed by atoms with Gasteiger partial charge in [-0.3, -0.25) is 0 Å². The average molecular weight is 338 g/mol. The first-order valence-electron chi connectivity index (χ1n) is 6.35. The highest BCUT2D eigenvalue weighted by Crippen LogP contribution is 2.30. The Labute approximate surface area is 130 Å². The van der Waals surface area contributed by atoms with E-state index in [1.165, 1.54) is 12.1 Å². The number of halogens is 1. The number of quaternary nitrogens is 1. The van der Waals surface area contributed by atoms with Gasteiger partial charge in [-0.15, -0.1) is 0 Å². The molecule has 1 aromatic rings. The molecule has 9 nitrogen and oxygen atoms in total. The van der Waals surface area contributed by atoms with E-state index in [2.05, 4.69) is 0 Å². The van der Waals surface area contributed by atoms with Crippen molar-refractivity contribution >= 4 is 17.3 Å². The second-order valence-electron chi connectivity index (χ2n) is 4.77. The lowest BCUT2D eigenvalue weighted by Crippen LogP contribution is -2.99. The molecule has 10 heteroatoms. The molecule has 0 bridgehead atoms. The van der Waals surface area contributed by atoms with E-state index >= 15 is 0 Å². The van der Waals surface area contributed by atoms with Crippen molar-refractivity contribution in [3.05, 3.63) is 28.4 Å². The van der Waals surface area contributed by atoms with Crippen LogP contribution in [0.5, 0.6) is 5.75 Å². The van der Waals surface area contributed by atoms with E-state index in [1.807, 2.05) is 0 Å². The Morgan fingerprint density at radius 1 is 1.23 bits per heavy atom. The van der Waals surface area contributed by atoms with Crippen molar-refractivity contribution in [3.63, 3.8) is 0 Å². The van der Waals surface area contributed by atoms with E-state index in [0.717, 1.165) is 6.07 Å². The molecular weight excluding hydrogens is 322 g/mol. The molecule has 1 aliphatic rings. The van der Waals surface area contributed by atoms with Crippen molar-refractivity contribution in [1.29, 1.82) is 0 Å². The molecule has 1 aliphatic heterocycles. The third kappa shape index (κ3) is 3.49. The second kappa shape index (κ2) is 7.04. The van der Waals surface area contributed by atoms with E-state index < -0.39 is 42.5 Å². The fraction of sp³-hybridized carbons (Fsp3) is 0.500. The van der Waals surface area contributed by atoms with Crippen LogP contribution in [0.4, 0.5) is 5.69 Å². The molecule has 2 rings (SSSR count). The minimum absolute atomic E-state index is 0.0241. The predicted molar refractivity (Wildman–Crippen MR) is 71.6 cm³/mol. The molecule has 6 N–H and O–H groups in total. The minimum atomic E-state index is -1.58. The van der Waals surface area contributed by atoms with Crippen molar-refractivity contribution in [2.24, 2.45) is 0 Å². The summed E-state index contributed by atoms with van der Waals surface area (Å²) in [5.41, 5.74) is -0.0499. The molecule has 0 saturated carbocycles. The van der Waals surface area contributed by atoms with Crippen LogP contribution < -0.4 is 9.96 Å². The van der Waals surface area contributed by atoms with Gasteiger partial charge >= 0.3 is 0 Å². The van der Waals surface area contributed by atoms with E-state index in [-0.39, 0.29) is 16.5 Å². The van der Waals surface area contributed by atoms with Crippen LogP contribution in [-0.2, 0) is 4.74 Å². The fourth-order valence-electron chi connectivity index (χ4n) is 2.02. The van der Waals surface area contributed by atoms with Crippen LogP contribution in [0.3, 0.4) is 0 Å². The van der Waals surface area contributed by atoms with Crippen LogP contribution in [0.25, 0.3) is 0 Å². The third-order valence-corrected chi connectivity index (χ3v) is 3.57. The number of aliphatic hydroxyl groups is 4. The Bertz CT molecular complexity index is 514. The molecule has 0 aliphatic carbocycles. The van der Waals surface area contributed by atoms with E-state index in [4.69, 9.17) is 31.4 Å². The normalized spacial score (nSPS) is 33.5. The molecule has 6 atom stereocenters. The summed E-state index contributed by atoms with van der Waals surface area (Å²) >= 11 is 5.89. The Balaban J connectivity index is 2.15. The zero-order chi connectivity index (χ0) is 16.4. The first kappa shape index (κ1) is 17.3. The van der Waals surface area contributed by atoms with Crippen LogP contribution in [0, 0.1) is 5.21 Å². The smallest absolute Gasteiger partial charge is 0.229 e. The zero-order valence-electron chi connectivity index (χ0n) is 11.2. The Morgan fingerprint density at radius 2 is 1.91 bits per heavy atom. The highest BCUT2D eigenvalue weighted by atomic mass is 35.5. The number of rotatable bonds is 4. The lowest BCUT2D eigenvalue weighted by molar-refractivity contribution is -0.991. The summed E-state index contributed by atoms with van der Waals surface area (Å²) in [5, 5.41) is 56.7. The van der Waals surface area contributed by atoms with Crippen molar-refractivity contribution in [1.82, 2.24) is 0 Å². The first-order valence-corrected chi connectivity index (χ1v) is 6.73. The molecule has 1 fully saturated rings. The standard InChI is InChI=1S/C12H16ClNO8/c13-6-3-5(14(19)20)1-2-7(6)21-12-11(18)10(17)9(16)8(4-15)22-12/h1-3,8-12,14-19H,4H2/t8-,9-,10+,11-,12?/m1/s1. The summed E-state index contributed by atoms with van der Waals surface area (Å²) in [6.45, 7) is -0.587. The van der Waals surface area contributed by atoms with Crippen LogP contribution in [0.1, 0.15) is 0 Å². The van der Waals surface area contributed by atoms with Gasteiger partial charge in [0.05, 0.1) is 11.6 Å². The molecule has 0 amide bonds. The topological polar surface area (TPSA) is 147 Å². The Morgan fingerprint density at radius 3 is 2.45 bits per heavy atom. The van der Waals surface area contributed by atoms with E-state index in [1.54, 1.807) is 0 Å². The molecule has 2 unspecified atom stereocenters. The molecule has 0 aromatic heterocycles. The first-order chi connectivity index (χ1) is 10.3. The number of aliphatic hydroxyl groups excluding tert-OH is 4. The van der Waals surface area contributed by atoms with Gasteiger partial charge < -0.3 is 35.1 Å². The van der Waals surface area contributed by atoms with Gasteiger partial charge in [0.15, 0.2) is 5.69 Å². The monoisotopic (exact) mass is 337 g/mol. The Kier molecular flexibility index (Phi) is 5.55. The quantitative estimate of drug-likeness (QED) is 0.343. The number of ether oxygens (including phenoxy) is 2. The van der Waals surface area contributed by atoms with Crippen LogP contribution in [0.2, 0.25) is 5.02 Å². The maximum Gasteiger partial charge on any atom is 0.229 e. The third-order valence-electron chi connectivity index (χ3n) is 3.27. The summed E-state index contributed by atoms with van der Waals surface area (Å²) in [5.74, 6) is 0.0241. The molecule has 0 spiro atoms. The SMILES string of the molecule is [O-][NH+](O)c1ccc(OC2O[C@H](CO)[C@@H](O)[C@H](O)[C@H]2O)c(Cl)c1. The van der Waals surface area contributed by atoms with E-state index in [9.17, 15) is 20.5 Å². The van der Waals surface area contributed by atoms with Gasteiger partial charge in [0.25, 0.3) is 0 Å². The van der Waals surface area contributed by atoms with E-state index in [0.29, 0.717) is 0 Å². The molecule has 1 heterocycles. The van der Waals surface area contributed by atoms with Crippen molar-refractivity contribution in [2.45, 2.75) is 30.7 Å². The molecule has 1 aromatic carbocycles. The lowest BCUT2D eigenvalue weighted by atomic mass is 9.99.